The van der Waals surface area contributed by atoms with Crippen LogP contribution in [0.5, 0.6) is 17.2 Å². The molecule has 3 aromatic carbocycles. The Labute approximate surface area is 215 Å². The van der Waals surface area contributed by atoms with Crippen molar-refractivity contribution in [2.75, 3.05) is 39.7 Å². The van der Waals surface area contributed by atoms with Crippen LogP contribution in [0.3, 0.4) is 0 Å². The molecular weight excluding hydrogens is 480 g/mol. The Balaban J connectivity index is 1.37. The second-order valence-corrected chi connectivity index (χ2v) is 8.93. The van der Waals surface area contributed by atoms with Crippen LogP contribution in [0, 0.1) is 0 Å². The van der Waals surface area contributed by atoms with E-state index in [0.29, 0.717) is 58.1 Å². The molecule has 1 heterocycles. The summed E-state index contributed by atoms with van der Waals surface area (Å²) in [7, 11) is 4.65. The van der Waals surface area contributed by atoms with Crippen molar-refractivity contribution in [3.63, 3.8) is 0 Å². The lowest BCUT2D eigenvalue weighted by molar-refractivity contribution is 0.0706. The summed E-state index contributed by atoms with van der Waals surface area (Å²) in [6, 6.07) is 18.1. The molecule has 2 amide bonds. The molecular formula is C28H29ClN2O5. The van der Waals surface area contributed by atoms with Crippen LogP contribution in [0.25, 0.3) is 0 Å². The zero-order valence-corrected chi connectivity index (χ0v) is 21.3. The van der Waals surface area contributed by atoms with E-state index in [0.717, 1.165) is 12.8 Å². The van der Waals surface area contributed by atoms with Crippen LogP contribution in [0.1, 0.15) is 45.0 Å². The van der Waals surface area contributed by atoms with Crippen LogP contribution in [-0.2, 0) is 0 Å². The number of benzene rings is 3. The zero-order chi connectivity index (χ0) is 25.7. The Morgan fingerprint density at radius 1 is 0.889 bits per heavy atom. The van der Waals surface area contributed by atoms with Gasteiger partial charge in [-0.3, -0.25) is 9.59 Å². The minimum Gasteiger partial charge on any atom is -0.497 e. The van der Waals surface area contributed by atoms with Crippen molar-refractivity contribution < 1.29 is 23.8 Å². The maximum absolute atomic E-state index is 13.2. The van der Waals surface area contributed by atoms with Gasteiger partial charge in [-0.1, -0.05) is 29.8 Å². The number of carbonyl (C=O) groups is 2. The van der Waals surface area contributed by atoms with Gasteiger partial charge in [-0.15, -0.1) is 0 Å². The number of piperidine rings is 1. The fraction of sp³-hybridized carbons (Fsp3) is 0.286. The maximum atomic E-state index is 13.2. The molecule has 0 saturated carbocycles. The lowest BCUT2D eigenvalue weighted by atomic mass is 9.89. The SMILES string of the molecule is COc1ccc(C(=O)Nc2ccc(C3CCN(C(=O)c4c(OC)cccc4OC)CC3)cc2)c(Cl)c1. The molecule has 0 atom stereocenters. The third kappa shape index (κ3) is 5.41. The lowest BCUT2D eigenvalue weighted by Crippen LogP contribution is -2.38. The van der Waals surface area contributed by atoms with Gasteiger partial charge in [0, 0.05) is 18.8 Å². The van der Waals surface area contributed by atoms with Crippen LogP contribution in [0.4, 0.5) is 5.69 Å². The average molecular weight is 509 g/mol. The van der Waals surface area contributed by atoms with Crippen LogP contribution in [0.2, 0.25) is 5.02 Å². The number of methoxy groups -OCH3 is 3. The maximum Gasteiger partial charge on any atom is 0.261 e. The molecule has 1 aliphatic heterocycles. The van der Waals surface area contributed by atoms with E-state index in [1.54, 1.807) is 57.7 Å². The molecule has 0 bridgehead atoms. The highest BCUT2D eigenvalue weighted by molar-refractivity contribution is 6.34. The highest BCUT2D eigenvalue weighted by atomic mass is 35.5. The van der Waals surface area contributed by atoms with Crippen molar-refractivity contribution in [3.8, 4) is 17.2 Å². The first kappa shape index (κ1) is 25.4. The number of hydrogen-bond donors (Lipinski definition) is 1. The smallest absolute Gasteiger partial charge is 0.261 e. The summed E-state index contributed by atoms with van der Waals surface area (Å²) in [5.74, 6) is 1.57. The summed E-state index contributed by atoms with van der Waals surface area (Å²) in [5.41, 5.74) is 2.70. The van der Waals surface area contributed by atoms with E-state index in [1.807, 2.05) is 29.2 Å². The van der Waals surface area contributed by atoms with Crippen LogP contribution < -0.4 is 19.5 Å². The van der Waals surface area contributed by atoms with E-state index in [-0.39, 0.29) is 11.8 Å². The van der Waals surface area contributed by atoms with Crippen LogP contribution in [0.15, 0.2) is 60.7 Å². The number of carbonyl (C=O) groups excluding carboxylic acids is 2. The summed E-state index contributed by atoms with van der Waals surface area (Å²) >= 11 is 6.22. The van der Waals surface area contributed by atoms with Crippen LogP contribution >= 0.6 is 11.6 Å². The Hall–Kier alpha value is -3.71. The largest absolute Gasteiger partial charge is 0.497 e. The third-order valence-corrected chi connectivity index (χ3v) is 6.80. The van der Waals surface area contributed by atoms with Gasteiger partial charge < -0.3 is 24.4 Å². The van der Waals surface area contributed by atoms with Crippen molar-refractivity contribution in [1.82, 2.24) is 4.90 Å². The van der Waals surface area contributed by atoms with E-state index < -0.39 is 0 Å². The van der Waals surface area contributed by atoms with E-state index in [1.165, 1.54) is 5.56 Å². The Kier molecular flexibility index (Phi) is 8.00. The fourth-order valence-corrected chi connectivity index (χ4v) is 4.74. The standard InChI is InChI=1S/C28H29ClN2O5/c1-34-21-11-12-22(23(29)17-21)27(32)30-20-9-7-18(8-10-20)19-13-15-31(16-14-19)28(33)26-24(35-2)5-4-6-25(26)36-3/h4-12,17,19H,13-16H2,1-3H3,(H,30,32). The Bertz CT molecular complexity index is 1210. The molecule has 0 aromatic heterocycles. The van der Waals surface area contributed by atoms with Gasteiger partial charge in [0.05, 0.1) is 31.9 Å². The van der Waals surface area contributed by atoms with Gasteiger partial charge in [0.15, 0.2) is 0 Å². The molecule has 188 valence electrons. The first-order valence-corrected chi connectivity index (χ1v) is 12.1. The molecule has 0 spiro atoms. The van der Waals surface area contributed by atoms with Crippen molar-refractivity contribution in [3.05, 3.63) is 82.4 Å². The number of anilines is 1. The number of rotatable bonds is 7. The van der Waals surface area contributed by atoms with E-state index in [4.69, 9.17) is 25.8 Å². The van der Waals surface area contributed by atoms with E-state index >= 15 is 0 Å². The number of nitrogens with zero attached hydrogens (tertiary/aromatic N) is 1. The molecule has 0 unspecified atom stereocenters. The van der Waals surface area contributed by atoms with Gasteiger partial charge in [-0.25, -0.2) is 0 Å². The van der Waals surface area contributed by atoms with Gasteiger partial charge in [0.1, 0.15) is 22.8 Å². The normalized spacial score (nSPS) is 13.7. The third-order valence-electron chi connectivity index (χ3n) is 6.48. The molecule has 1 fully saturated rings. The topological polar surface area (TPSA) is 77.1 Å². The summed E-state index contributed by atoms with van der Waals surface area (Å²) in [4.78, 5) is 27.7. The van der Waals surface area contributed by atoms with Crippen molar-refractivity contribution in [1.29, 1.82) is 0 Å². The summed E-state index contributed by atoms with van der Waals surface area (Å²) < 4.78 is 15.9. The first-order chi connectivity index (χ1) is 17.4. The predicted molar refractivity (Wildman–Crippen MR) is 140 cm³/mol. The molecule has 8 heteroatoms. The number of likely N-dealkylation sites (tertiary alicyclic amines) is 1. The van der Waals surface area contributed by atoms with Crippen molar-refractivity contribution in [2.24, 2.45) is 0 Å². The van der Waals surface area contributed by atoms with Gasteiger partial charge in [0.2, 0.25) is 0 Å². The molecule has 36 heavy (non-hydrogen) atoms. The average Bonchev–Trinajstić information content (AvgIpc) is 2.92. The van der Waals surface area contributed by atoms with Gasteiger partial charge in [0.25, 0.3) is 11.8 Å². The Morgan fingerprint density at radius 3 is 2.08 bits per heavy atom. The quantitative estimate of drug-likeness (QED) is 0.447. The zero-order valence-electron chi connectivity index (χ0n) is 20.5. The number of ether oxygens (including phenoxy) is 3. The number of hydrogen-bond acceptors (Lipinski definition) is 5. The molecule has 1 N–H and O–H groups in total. The second-order valence-electron chi connectivity index (χ2n) is 8.53. The monoisotopic (exact) mass is 508 g/mol. The van der Waals surface area contributed by atoms with Gasteiger partial charge in [-0.05, 0) is 66.8 Å². The van der Waals surface area contributed by atoms with Crippen molar-refractivity contribution >= 4 is 29.1 Å². The van der Waals surface area contributed by atoms with E-state index in [9.17, 15) is 9.59 Å². The molecule has 0 aliphatic carbocycles. The number of amides is 2. The van der Waals surface area contributed by atoms with Gasteiger partial charge >= 0.3 is 0 Å². The minimum absolute atomic E-state index is 0.0852. The predicted octanol–water partition coefficient (Wildman–Crippen LogP) is 5.64. The number of halogens is 1. The molecule has 0 radical (unpaired) electrons. The Morgan fingerprint density at radius 2 is 1.53 bits per heavy atom. The molecule has 1 aliphatic rings. The highest BCUT2D eigenvalue weighted by Crippen LogP contribution is 2.33. The highest BCUT2D eigenvalue weighted by Gasteiger charge is 2.28. The van der Waals surface area contributed by atoms with Crippen LogP contribution in [-0.4, -0.2) is 51.1 Å². The summed E-state index contributed by atoms with van der Waals surface area (Å²) in [6.45, 7) is 1.28. The summed E-state index contributed by atoms with van der Waals surface area (Å²) in [5, 5.41) is 3.22. The fourth-order valence-electron chi connectivity index (χ4n) is 4.48. The molecule has 3 aromatic rings. The summed E-state index contributed by atoms with van der Waals surface area (Å²) in [6.07, 6.45) is 1.69. The molecule has 1 saturated heterocycles. The molecule has 4 rings (SSSR count). The van der Waals surface area contributed by atoms with E-state index in [2.05, 4.69) is 5.32 Å². The number of nitrogens with one attached hydrogen (secondary N) is 1. The minimum atomic E-state index is -0.283. The van der Waals surface area contributed by atoms with Crippen molar-refractivity contribution in [2.45, 2.75) is 18.8 Å². The van der Waals surface area contributed by atoms with Gasteiger partial charge in [-0.2, -0.15) is 0 Å². The first-order valence-electron chi connectivity index (χ1n) is 11.7. The second kappa shape index (κ2) is 11.4. The lowest BCUT2D eigenvalue weighted by Gasteiger charge is -2.33. The molecule has 7 nitrogen and oxygen atoms in total.